The zero-order valence-electron chi connectivity index (χ0n) is 12.7. The Balaban J connectivity index is 1.77. The molecule has 1 saturated carbocycles. The van der Waals surface area contributed by atoms with Crippen LogP contribution in [0, 0.1) is 0 Å². The van der Waals surface area contributed by atoms with Crippen molar-refractivity contribution in [1.29, 1.82) is 0 Å². The van der Waals surface area contributed by atoms with Crippen LogP contribution in [-0.2, 0) is 11.3 Å². The lowest BCUT2D eigenvalue weighted by Gasteiger charge is -2.19. The quantitative estimate of drug-likeness (QED) is 0.941. The lowest BCUT2D eigenvalue weighted by atomic mass is 10.1. The number of carbonyl (C=O) groups is 1. The van der Waals surface area contributed by atoms with E-state index in [2.05, 4.69) is 21.2 Å². The molecule has 0 atom stereocenters. The molecule has 5 heteroatoms. The molecule has 21 heavy (non-hydrogen) atoms. The number of nitrogens with one attached hydrogen (secondary N) is 1. The van der Waals surface area contributed by atoms with Crippen molar-refractivity contribution in [3.63, 3.8) is 0 Å². The minimum absolute atomic E-state index is 0.392. The van der Waals surface area contributed by atoms with Crippen molar-refractivity contribution in [3.8, 4) is 0 Å². The SMILES string of the molecule is CC(C)(C)OC(=O)NCc1cccc2cnn(C3CC3)c12. The first-order valence-corrected chi connectivity index (χ1v) is 7.36. The van der Waals surface area contributed by atoms with Gasteiger partial charge in [-0.05, 0) is 39.2 Å². The summed E-state index contributed by atoms with van der Waals surface area (Å²) in [6, 6.07) is 6.59. The van der Waals surface area contributed by atoms with Crippen LogP contribution in [0.25, 0.3) is 10.9 Å². The number of alkyl carbamates (subject to hydrolysis) is 1. The Kier molecular flexibility index (Phi) is 3.35. The number of benzene rings is 1. The van der Waals surface area contributed by atoms with Gasteiger partial charge in [-0.25, -0.2) is 4.79 Å². The molecule has 1 fully saturated rings. The van der Waals surface area contributed by atoms with Gasteiger partial charge in [-0.1, -0.05) is 18.2 Å². The highest BCUT2D eigenvalue weighted by Gasteiger charge is 2.26. The zero-order valence-corrected chi connectivity index (χ0v) is 12.7. The smallest absolute Gasteiger partial charge is 0.407 e. The molecule has 1 aliphatic rings. The largest absolute Gasteiger partial charge is 0.444 e. The average Bonchev–Trinajstić information content (AvgIpc) is 3.14. The molecule has 1 N–H and O–H groups in total. The van der Waals surface area contributed by atoms with E-state index in [1.54, 1.807) is 0 Å². The number of rotatable bonds is 3. The van der Waals surface area contributed by atoms with Crippen molar-refractivity contribution in [2.45, 2.75) is 51.8 Å². The predicted molar refractivity (Wildman–Crippen MR) is 81.1 cm³/mol. The number of carbonyl (C=O) groups excluding carboxylic acids is 1. The summed E-state index contributed by atoms with van der Waals surface area (Å²) in [6.07, 6.45) is 3.87. The summed E-state index contributed by atoms with van der Waals surface area (Å²) in [4.78, 5) is 11.8. The van der Waals surface area contributed by atoms with Gasteiger partial charge in [-0.3, -0.25) is 4.68 Å². The molecule has 0 unspecified atom stereocenters. The summed E-state index contributed by atoms with van der Waals surface area (Å²) in [7, 11) is 0. The number of hydrogen-bond donors (Lipinski definition) is 1. The average molecular weight is 287 g/mol. The van der Waals surface area contributed by atoms with Gasteiger partial charge in [-0.15, -0.1) is 0 Å². The molecule has 1 aromatic heterocycles. The number of hydrogen-bond acceptors (Lipinski definition) is 3. The van der Waals surface area contributed by atoms with Crippen LogP contribution < -0.4 is 5.32 Å². The molecule has 0 aliphatic heterocycles. The zero-order chi connectivity index (χ0) is 15.0. The highest BCUT2D eigenvalue weighted by molar-refractivity contribution is 5.82. The fraction of sp³-hybridized carbons (Fsp3) is 0.500. The Bertz CT molecular complexity index is 666. The van der Waals surface area contributed by atoms with Crippen molar-refractivity contribution < 1.29 is 9.53 Å². The molecule has 5 nitrogen and oxygen atoms in total. The van der Waals surface area contributed by atoms with Crippen LogP contribution in [0.2, 0.25) is 0 Å². The van der Waals surface area contributed by atoms with E-state index in [1.165, 1.54) is 12.8 Å². The monoisotopic (exact) mass is 287 g/mol. The number of ether oxygens (including phenoxy) is 1. The van der Waals surface area contributed by atoms with E-state index in [0.717, 1.165) is 16.5 Å². The second-order valence-electron chi connectivity index (χ2n) is 6.53. The standard InChI is InChI=1S/C16H21N3O2/c1-16(2,3)21-15(20)17-9-11-5-4-6-12-10-18-19(14(11)12)13-7-8-13/h4-6,10,13H,7-9H2,1-3H3,(H,17,20). The van der Waals surface area contributed by atoms with Gasteiger partial charge in [-0.2, -0.15) is 5.10 Å². The van der Waals surface area contributed by atoms with Crippen LogP contribution in [0.5, 0.6) is 0 Å². The first kappa shape index (κ1) is 13.9. The second-order valence-corrected chi connectivity index (χ2v) is 6.53. The first-order chi connectivity index (χ1) is 9.94. The molecular formula is C16H21N3O2. The van der Waals surface area contributed by atoms with E-state index in [9.17, 15) is 4.79 Å². The van der Waals surface area contributed by atoms with E-state index < -0.39 is 11.7 Å². The van der Waals surface area contributed by atoms with Crippen LogP contribution in [0.1, 0.15) is 45.2 Å². The van der Waals surface area contributed by atoms with E-state index in [-0.39, 0.29) is 0 Å². The number of amides is 1. The van der Waals surface area contributed by atoms with Crippen molar-refractivity contribution in [3.05, 3.63) is 30.0 Å². The molecule has 0 radical (unpaired) electrons. The van der Waals surface area contributed by atoms with Crippen LogP contribution >= 0.6 is 0 Å². The Morgan fingerprint density at radius 1 is 1.43 bits per heavy atom. The van der Waals surface area contributed by atoms with Crippen molar-refractivity contribution >= 4 is 17.0 Å². The molecule has 0 spiro atoms. The van der Waals surface area contributed by atoms with Gasteiger partial charge in [0, 0.05) is 11.9 Å². The molecule has 2 aromatic rings. The van der Waals surface area contributed by atoms with Gasteiger partial charge in [0.15, 0.2) is 0 Å². The second kappa shape index (κ2) is 5.06. The third-order valence-electron chi connectivity index (χ3n) is 3.42. The molecule has 0 saturated heterocycles. The predicted octanol–water partition coefficient (Wildman–Crippen LogP) is 3.40. The third kappa shape index (κ3) is 3.17. The molecular weight excluding hydrogens is 266 g/mol. The molecule has 3 rings (SSSR count). The van der Waals surface area contributed by atoms with Crippen molar-refractivity contribution in [2.24, 2.45) is 0 Å². The summed E-state index contributed by atoms with van der Waals surface area (Å²) < 4.78 is 7.36. The fourth-order valence-corrected chi connectivity index (χ4v) is 2.40. The van der Waals surface area contributed by atoms with Gasteiger partial charge < -0.3 is 10.1 Å². The normalized spacial score (nSPS) is 15.2. The summed E-state index contributed by atoms with van der Waals surface area (Å²) in [5.74, 6) is 0. The van der Waals surface area contributed by atoms with E-state index >= 15 is 0 Å². The maximum absolute atomic E-state index is 11.8. The number of fused-ring (bicyclic) bond motifs is 1. The van der Waals surface area contributed by atoms with Gasteiger partial charge in [0.1, 0.15) is 5.60 Å². The number of aromatic nitrogens is 2. The molecule has 1 aliphatic carbocycles. The molecule has 112 valence electrons. The fourth-order valence-electron chi connectivity index (χ4n) is 2.40. The number of para-hydroxylation sites is 1. The van der Waals surface area contributed by atoms with Crippen LogP contribution in [0.3, 0.4) is 0 Å². The molecule has 1 aromatic carbocycles. The minimum Gasteiger partial charge on any atom is -0.444 e. The van der Waals surface area contributed by atoms with Crippen LogP contribution in [0.4, 0.5) is 4.79 Å². The molecule has 1 amide bonds. The van der Waals surface area contributed by atoms with Gasteiger partial charge in [0.25, 0.3) is 0 Å². The van der Waals surface area contributed by atoms with E-state index in [0.29, 0.717) is 12.6 Å². The maximum atomic E-state index is 11.8. The third-order valence-corrected chi connectivity index (χ3v) is 3.42. The highest BCUT2D eigenvalue weighted by Crippen LogP contribution is 2.37. The van der Waals surface area contributed by atoms with Crippen LogP contribution in [-0.4, -0.2) is 21.5 Å². The van der Waals surface area contributed by atoms with Crippen LogP contribution in [0.15, 0.2) is 24.4 Å². The van der Waals surface area contributed by atoms with Crippen molar-refractivity contribution in [1.82, 2.24) is 15.1 Å². The summed E-state index contributed by atoms with van der Waals surface area (Å²) in [5.41, 5.74) is 1.71. The Labute approximate surface area is 124 Å². The Morgan fingerprint density at radius 3 is 2.86 bits per heavy atom. The lowest BCUT2D eigenvalue weighted by Crippen LogP contribution is -2.32. The van der Waals surface area contributed by atoms with Gasteiger partial charge in [0.2, 0.25) is 0 Å². The summed E-state index contributed by atoms with van der Waals surface area (Å²) in [6.45, 7) is 6.02. The topological polar surface area (TPSA) is 56.1 Å². The van der Waals surface area contributed by atoms with Crippen molar-refractivity contribution in [2.75, 3.05) is 0 Å². The minimum atomic E-state index is -0.480. The van der Waals surface area contributed by atoms with Gasteiger partial charge in [0.05, 0.1) is 17.8 Å². The summed E-state index contributed by atoms with van der Waals surface area (Å²) >= 11 is 0. The van der Waals surface area contributed by atoms with Gasteiger partial charge >= 0.3 is 6.09 Å². The molecule has 0 bridgehead atoms. The van der Waals surface area contributed by atoms with E-state index in [4.69, 9.17) is 4.74 Å². The highest BCUT2D eigenvalue weighted by atomic mass is 16.6. The Hall–Kier alpha value is -2.04. The number of nitrogens with zero attached hydrogens (tertiary/aromatic N) is 2. The lowest BCUT2D eigenvalue weighted by molar-refractivity contribution is 0.0524. The van der Waals surface area contributed by atoms with E-state index in [1.807, 2.05) is 39.1 Å². The summed E-state index contributed by atoms with van der Waals surface area (Å²) in [5, 5.41) is 8.42. The Morgan fingerprint density at radius 2 is 2.19 bits per heavy atom. The first-order valence-electron chi connectivity index (χ1n) is 7.36. The maximum Gasteiger partial charge on any atom is 0.407 e. The molecule has 1 heterocycles.